The number of ether oxygens (including phenoxy) is 2. The lowest BCUT2D eigenvalue weighted by Crippen LogP contribution is -2.29. The van der Waals surface area contributed by atoms with Gasteiger partial charge < -0.3 is 14.4 Å². The number of nitrogens with one attached hydrogen (secondary N) is 1. The third-order valence-corrected chi connectivity index (χ3v) is 5.48. The molecule has 1 aromatic carbocycles. The van der Waals surface area contributed by atoms with Crippen molar-refractivity contribution in [2.24, 2.45) is 5.10 Å². The van der Waals surface area contributed by atoms with Crippen molar-refractivity contribution in [1.29, 1.82) is 0 Å². The predicted octanol–water partition coefficient (Wildman–Crippen LogP) is 3.32. The number of hydrogen-bond donors (Lipinski definition) is 1. The van der Waals surface area contributed by atoms with Crippen molar-refractivity contribution in [2.45, 2.75) is 19.3 Å². The van der Waals surface area contributed by atoms with Gasteiger partial charge in [0.1, 0.15) is 11.5 Å². The quantitative estimate of drug-likeness (QED) is 0.561. The fourth-order valence-corrected chi connectivity index (χ4v) is 3.79. The maximum Gasteiger partial charge on any atom is 0.277 e. The molecule has 27 heavy (non-hydrogen) atoms. The molecule has 0 aliphatic carbocycles. The summed E-state index contributed by atoms with van der Waals surface area (Å²) >= 11 is 7.65. The summed E-state index contributed by atoms with van der Waals surface area (Å²) in [6.45, 7) is 1.86. The van der Waals surface area contributed by atoms with Crippen LogP contribution in [0.5, 0.6) is 11.5 Å². The molecule has 0 radical (unpaired) electrons. The molecule has 1 amide bonds. The molecule has 2 heterocycles. The molecule has 0 saturated carbocycles. The lowest BCUT2D eigenvalue weighted by molar-refractivity contribution is -0.123. The van der Waals surface area contributed by atoms with Gasteiger partial charge in [-0.3, -0.25) is 4.79 Å². The van der Waals surface area contributed by atoms with Gasteiger partial charge in [0, 0.05) is 13.1 Å². The summed E-state index contributed by atoms with van der Waals surface area (Å²) in [5.74, 6) is 0.937. The number of rotatable bonds is 7. The van der Waals surface area contributed by atoms with Gasteiger partial charge in [-0.2, -0.15) is 5.10 Å². The van der Waals surface area contributed by atoms with Gasteiger partial charge in [0.15, 0.2) is 16.9 Å². The van der Waals surface area contributed by atoms with Crippen molar-refractivity contribution >= 4 is 40.2 Å². The Kier molecular flexibility index (Phi) is 6.89. The van der Waals surface area contributed by atoms with Crippen LogP contribution in [0.4, 0.5) is 5.13 Å². The Bertz CT molecular complexity index is 788. The van der Waals surface area contributed by atoms with E-state index in [0.29, 0.717) is 15.8 Å². The zero-order chi connectivity index (χ0) is 19.1. The van der Waals surface area contributed by atoms with Crippen LogP contribution in [0.2, 0.25) is 5.15 Å². The number of hydrogen-bond acceptors (Lipinski definition) is 7. The summed E-state index contributed by atoms with van der Waals surface area (Å²) in [5.41, 5.74) is 2.43. The molecule has 7 nitrogen and oxygen atoms in total. The smallest absolute Gasteiger partial charge is 0.277 e. The first kappa shape index (κ1) is 19.4. The number of aromatic nitrogens is 1. The topological polar surface area (TPSA) is 76.1 Å². The minimum absolute atomic E-state index is 0.140. The maximum atomic E-state index is 11.8. The standard InChI is InChI=1S/C18H21ClN4O3S/c1-25-13-5-7-14(8-6-13)26-12-16(24)22-20-11-15-17(19)21-18(27-15)23-9-3-2-4-10-23/h5-8,11H,2-4,9-10,12H2,1H3,(H,22,24)/b20-11-. The Hall–Kier alpha value is -2.32. The Morgan fingerprint density at radius 1 is 1.30 bits per heavy atom. The normalized spacial score (nSPS) is 14.4. The van der Waals surface area contributed by atoms with Crippen LogP contribution < -0.4 is 19.8 Å². The van der Waals surface area contributed by atoms with E-state index in [9.17, 15) is 4.79 Å². The summed E-state index contributed by atoms with van der Waals surface area (Å²) in [7, 11) is 1.59. The fraction of sp³-hybridized carbons (Fsp3) is 0.389. The van der Waals surface area contributed by atoms with Gasteiger partial charge in [0.05, 0.1) is 18.2 Å². The minimum Gasteiger partial charge on any atom is -0.497 e. The second kappa shape index (κ2) is 9.57. The Morgan fingerprint density at radius 3 is 2.70 bits per heavy atom. The van der Waals surface area contributed by atoms with E-state index >= 15 is 0 Å². The van der Waals surface area contributed by atoms with Crippen molar-refractivity contribution in [3.8, 4) is 11.5 Å². The number of piperidine rings is 1. The molecule has 0 bridgehead atoms. The van der Waals surface area contributed by atoms with E-state index < -0.39 is 0 Å². The molecule has 1 fully saturated rings. The van der Waals surface area contributed by atoms with E-state index in [1.165, 1.54) is 36.8 Å². The van der Waals surface area contributed by atoms with Crippen LogP contribution in [0, 0.1) is 0 Å². The highest BCUT2D eigenvalue weighted by atomic mass is 35.5. The molecule has 144 valence electrons. The van der Waals surface area contributed by atoms with Gasteiger partial charge in [-0.15, -0.1) is 0 Å². The van der Waals surface area contributed by atoms with Crippen LogP contribution in [0.15, 0.2) is 29.4 Å². The van der Waals surface area contributed by atoms with Crippen molar-refractivity contribution in [1.82, 2.24) is 10.4 Å². The summed E-state index contributed by atoms with van der Waals surface area (Å²) < 4.78 is 10.5. The number of halogens is 1. The van der Waals surface area contributed by atoms with Crippen LogP contribution >= 0.6 is 22.9 Å². The summed E-state index contributed by atoms with van der Waals surface area (Å²) in [4.78, 5) is 19.2. The number of carbonyl (C=O) groups excluding carboxylic acids is 1. The molecule has 2 aromatic rings. The minimum atomic E-state index is -0.362. The Morgan fingerprint density at radius 2 is 2.00 bits per heavy atom. The monoisotopic (exact) mass is 408 g/mol. The zero-order valence-electron chi connectivity index (χ0n) is 15.0. The van der Waals surface area contributed by atoms with Crippen LogP contribution in [0.25, 0.3) is 0 Å². The first-order valence-corrected chi connectivity index (χ1v) is 9.85. The number of benzene rings is 1. The van der Waals surface area contributed by atoms with Crippen LogP contribution in [0.1, 0.15) is 24.1 Å². The van der Waals surface area contributed by atoms with Gasteiger partial charge in [-0.1, -0.05) is 22.9 Å². The molecular formula is C18H21ClN4O3S. The average Bonchev–Trinajstić information content (AvgIpc) is 3.08. The number of anilines is 1. The van der Waals surface area contributed by atoms with Crippen molar-refractivity contribution in [2.75, 3.05) is 31.7 Å². The zero-order valence-corrected chi connectivity index (χ0v) is 16.6. The first-order chi connectivity index (χ1) is 13.2. The third kappa shape index (κ3) is 5.58. The van der Waals surface area contributed by atoms with Crippen LogP contribution in [-0.2, 0) is 4.79 Å². The van der Waals surface area contributed by atoms with Crippen LogP contribution in [0.3, 0.4) is 0 Å². The molecule has 1 aliphatic rings. The van der Waals surface area contributed by atoms with Crippen molar-refractivity contribution in [3.05, 3.63) is 34.3 Å². The molecule has 1 aliphatic heterocycles. The SMILES string of the molecule is COc1ccc(OCC(=O)N/N=C\c2sc(N3CCCCC3)nc2Cl)cc1. The molecular weight excluding hydrogens is 388 g/mol. The van der Waals surface area contributed by atoms with E-state index in [2.05, 4.69) is 20.4 Å². The number of nitrogens with zero attached hydrogens (tertiary/aromatic N) is 3. The molecule has 3 rings (SSSR count). The summed E-state index contributed by atoms with van der Waals surface area (Å²) in [6, 6.07) is 6.98. The van der Waals surface area contributed by atoms with Gasteiger partial charge in [-0.05, 0) is 43.5 Å². The number of carbonyl (C=O) groups is 1. The van der Waals surface area contributed by atoms with E-state index in [1.807, 2.05) is 0 Å². The van der Waals surface area contributed by atoms with Gasteiger partial charge in [0.2, 0.25) is 0 Å². The number of hydrazone groups is 1. The highest BCUT2D eigenvalue weighted by Gasteiger charge is 2.16. The average molecular weight is 409 g/mol. The number of amides is 1. The summed E-state index contributed by atoms with van der Waals surface area (Å²) in [6.07, 6.45) is 5.11. The van der Waals surface area contributed by atoms with Gasteiger partial charge >= 0.3 is 0 Å². The molecule has 0 atom stereocenters. The van der Waals surface area contributed by atoms with Gasteiger partial charge in [-0.25, -0.2) is 10.4 Å². The predicted molar refractivity (Wildman–Crippen MR) is 107 cm³/mol. The lowest BCUT2D eigenvalue weighted by atomic mass is 10.1. The van der Waals surface area contributed by atoms with E-state index in [-0.39, 0.29) is 12.5 Å². The fourth-order valence-electron chi connectivity index (χ4n) is 2.62. The van der Waals surface area contributed by atoms with E-state index in [1.54, 1.807) is 31.4 Å². The maximum absolute atomic E-state index is 11.8. The molecule has 9 heteroatoms. The lowest BCUT2D eigenvalue weighted by Gasteiger charge is -2.25. The van der Waals surface area contributed by atoms with E-state index in [0.717, 1.165) is 24.0 Å². The van der Waals surface area contributed by atoms with Crippen molar-refractivity contribution in [3.63, 3.8) is 0 Å². The largest absolute Gasteiger partial charge is 0.497 e. The van der Waals surface area contributed by atoms with Gasteiger partial charge in [0.25, 0.3) is 5.91 Å². The Balaban J connectivity index is 1.47. The summed E-state index contributed by atoms with van der Waals surface area (Å²) in [5, 5.41) is 5.24. The molecule has 0 unspecified atom stereocenters. The second-order valence-electron chi connectivity index (χ2n) is 5.96. The molecule has 0 spiro atoms. The van der Waals surface area contributed by atoms with Crippen molar-refractivity contribution < 1.29 is 14.3 Å². The Labute approximate surface area is 166 Å². The molecule has 1 aromatic heterocycles. The third-order valence-electron chi connectivity index (χ3n) is 4.03. The number of thiazole rings is 1. The highest BCUT2D eigenvalue weighted by molar-refractivity contribution is 7.17. The second-order valence-corrected chi connectivity index (χ2v) is 7.32. The van der Waals surface area contributed by atoms with E-state index in [4.69, 9.17) is 21.1 Å². The number of methoxy groups -OCH3 is 1. The van der Waals surface area contributed by atoms with Crippen LogP contribution in [-0.4, -0.2) is 43.9 Å². The highest BCUT2D eigenvalue weighted by Crippen LogP contribution is 2.30. The first-order valence-electron chi connectivity index (χ1n) is 8.66. The molecule has 1 saturated heterocycles. The molecule has 1 N–H and O–H groups in total.